The van der Waals surface area contributed by atoms with Crippen LogP contribution in [0.5, 0.6) is 0 Å². The third kappa shape index (κ3) is 6.40. The summed E-state index contributed by atoms with van der Waals surface area (Å²) in [7, 11) is 0. The molecule has 1 aromatic carbocycles. The summed E-state index contributed by atoms with van der Waals surface area (Å²) < 4.78 is 0. The van der Waals surface area contributed by atoms with Crippen molar-refractivity contribution in [3.8, 4) is 0 Å². The number of carboxylic acids is 1. The molecule has 0 aliphatic rings. The van der Waals surface area contributed by atoms with Crippen LogP contribution >= 0.6 is 0 Å². The molecule has 2 atom stereocenters. The Morgan fingerprint density at radius 3 is 2.21 bits per heavy atom. The van der Waals surface area contributed by atoms with Gasteiger partial charge in [0.15, 0.2) is 0 Å². The lowest BCUT2D eigenvalue weighted by Crippen LogP contribution is -2.52. The second-order valence-corrected chi connectivity index (χ2v) is 6.41. The van der Waals surface area contributed by atoms with Crippen molar-refractivity contribution < 1.29 is 19.5 Å². The first kappa shape index (κ1) is 19.7. The van der Waals surface area contributed by atoms with Gasteiger partial charge in [0.05, 0.1) is 0 Å². The Labute approximate surface area is 142 Å². The number of aliphatic carboxylic acids is 1. The molecule has 24 heavy (non-hydrogen) atoms. The highest BCUT2D eigenvalue weighted by molar-refractivity contribution is 5.90. The van der Waals surface area contributed by atoms with Gasteiger partial charge in [0.1, 0.15) is 12.1 Å². The van der Waals surface area contributed by atoms with E-state index in [-0.39, 0.29) is 18.2 Å². The maximum absolute atomic E-state index is 12.4. The van der Waals surface area contributed by atoms with Crippen LogP contribution in [0.1, 0.15) is 38.3 Å². The van der Waals surface area contributed by atoms with Crippen molar-refractivity contribution in [1.82, 2.24) is 10.6 Å². The van der Waals surface area contributed by atoms with E-state index in [4.69, 9.17) is 0 Å². The summed E-state index contributed by atoms with van der Waals surface area (Å²) in [6.45, 7) is 7.10. The summed E-state index contributed by atoms with van der Waals surface area (Å²) >= 11 is 0. The van der Waals surface area contributed by atoms with E-state index >= 15 is 0 Å². The first-order valence-corrected chi connectivity index (χ1v) is 8.05. The molecule has 0 heterocycles. The van der Waals surface area contributed by atoms with Gasteiger partial charge in [-0.05, 0) is 30.4 Å². The number of carbonyl (C=O) groups is 3. The predicted octanol–water partition coefficient (Wildman–Crippen LogP) is 1.66. The molecule has 3 N–H and O–H groups in total. The molecule has 132 valence electrons. The Bertz CT molecular complexity index is 598. The minimum absolute atomic E-state index is 0.187. The Morgan fingerprint density at radius 2 is 1.71 bits per heavy atom. The second kappa shape index (κ2) is 9.05. The van der Waals surface area contributed by atoms with E-state index in [9.17, 15) is 19.5 Å². The molecule has 0 radical (unpaired) electrons. The molecule has 0 saturated carbocycles. The van der Waals surface area contributed by atoms with E-state index in [2.05, 4.69) is 10.6 Å². The molecule has 0 bridgehead atoms. The molecular formula is C18H26N2O4. The van der Waals surface area contributed by atoms with Gasteiger partial charge in [0.25, 0.3) is 0 Å². The Hall–Kier alpha value is -2.37. The maximum atomic E-state index is 12.4. The van der Waals surface area contributed by atoms with Crippen molar-refractivity contribution in [3.05, 3.63) is 35.4 Å². The lowest BCUT2D eigenvalue weighted by Gasteiger charge is -2.22. The van der Waals surface area contributed by atoms with Crippen LogP contribution in [0.3, 0.4) is 0 Å². The van der Waals surface area contributed by atoms with Crippen LogP contribution in [0.15, 0.2) is 24.3 Å². The summed E-state index contributed by atoms with van der Waals surface area (Å²) in [4.78, 5) is 35.2. The number of rotatable bonds is 8. The van der Waals surface area contributed by atoms with Gasteiger partial charge in [-0.25, -0.2) is 4.79 Å². The number of benzene rings is 1. The molecule has 0 unspecified atom stereocenters. The van der Waals surface area contributed by atoms with Crippen molar-refractivity contribution in [3.63, 3.8) is 0 Å². The highest BCUT2D eigenvalue weighted by Crippen LogP contribution is 2.11. The highest BCUT2D eigenvalue weighted by atomic mass is 16.4. The van der Waals surface area contributed by atoms with Gasteiger partial charge in [0.2, 0.25) is 11.8 Å². The van der Waals surface area contributed by atoms with Crippen LogP contribution in [-0.2, 0) is 20.8 Å². The number of nitrogens with one attached hydrogen (secondary N) is 2. The fraction of sp³-hybridized carbons (Fsp3) is 0.500. The van der Waals surface area contributed by atoms with Crippen LogP contribution in [-0.4, -0.2) is 35.0 Å². The van der Waals surface area contributed by atoms with Gasteiger partial charge in [0, 0.05) is 13.3 Å². The average Bonchev–Trinajstić information content (AvgIpc) is 2.46. The van der Waals surface area contributed by atoms with Gasteiger partial charge in [-0.3, -0.25) is 9.59 Å². The number of aryl methyl sites for hydroxylation is 1. The van der Waals surface area contributed by atoms with Crippen molar-refractivity contribution in [2.24, 2.45) is 5.92 Å². The largest absolute Gasteiger partial charge is 0.480 e. The predicted molar refractivity (Wildman–Crippen MR) is 91.5 cm³/mol. The number of amides is 2. The first-order chi connectivity index (χ1) is 11.2. The summed E-state index contributed by atoms with van der Waals surface area (Å²) in [5, 5.41) is 14.6. The summed E-state index contributed by atoms with van der Waals surface area (Å²) in [5.41, 5.74) is 1.84. The van der Waals surface area contributed by atoms with Gasteiger partial charge >= 0.3 is 5.97 Å². The van der Waals surface area contributed by atoms with Crippen LogP contribution in [0.25, 0.3) is 0 Å². The minimum Gasteiger partial charge on any atom is -0.480 e. The van der Waals surface area contributed by atoms with Crippen LogP contribution in [0.2, 0.25) is 0 Å². The maximum Gasteiger partial charge on any atom is 0.326 e. The number of carbonyl (C=O) groups excluding carboxylic acids is 2. The Balaban J connectivity index is 2.85. The summed E-state index contributed by atoms with van der Waals surface area (Å²) in [5.74, 6) is -1.70. The van der Waals surface area contributed by atoms with Gasteiger partial charge in [-0.15, -0.1) is 0 Å². The van der Waals surface area contributed by atoms with E-state index in [1.165, 1.54) is 6.92 Å². The molecule has 0 aliphatic heterocycles. The van der Waals surface area contributed by atoms with Crippen LogP contribution < -0.4 is 10.6 Å². The summed E-state index contributed by atoms with van der Waals surface area (Å²) in [6.07, 6.45) is 0.643. The standard InChI is InChI=1S/C18H26N2O4/c1-11(2)9-15(19-13(4)21)17(22)20-16(18(23)24)10-14-8-6-5-7-12(14)3/h5-8,11,15-16H,9-10H2,1-4H3,(H,19,21)(H,20,22)(H,23,24)/t15-,16+/m0/s1. The third-order valence-electron chi connectivity index (χ3n) is 3.70. The molecule has 0 fully saturated rings. The van der Waals surface area contributed by atoms with Crippen molar-refractivity contribution >= 4 is 17.8 Å². The molecule has 0 aromatic heterocycles. The molecule has 6 nitrogen and oxygen atoms in total. The zero-order chi connectivity index (χ0) is 18.3. The lowest BCUT2D eigenvalue weighted by atomic mass is 9.99. The third-order valence-corrected chi connectivity index (χ3v) is 3.70. The monoisotopic (exact) mass is 334 g/mol. The smallest absolute Gasteiger partial charge is 0.326 e. The van der Waals surface area contributed by atoms with Crippen molar-refractivity contribution in [2.45, 2.75) is 52.6 Å². The Kier molecular flexibility index (Phi) is 7.42. The normalized spacial score (nSPS) is 13.2. The topological polar surface area (TPSA) is 95.5 Å². The zero-order valence-electron chi connectivity index (χ0n) is 14.6. The molecule has 0 saturated heterocycles. The van der Waals surface area contributed by atoms with Crippen molar-refractivity contribution in [2.75, 3.05) is 0 Å². The molecule has 1 rings (SSSR count). The van der Waals surface area contributed by atoms with Gasteiger partial charge in [-0.1, -0.05) is 38.1 Å². The molecule has 0 aliphatic carbocycles. The van der Waals surface area contributed by atoms with Gasteiger partial charge in [-0.2, -0.15) is 0 Å². The SMILES string of the molecule is CC(=O)N[C@@H](CC(C)C)C(=O)N[C@H](Cc1ccccc1C)C(=O)O. The van der Waals surface area contributed by atoms with E-state index in [1.807, 2.05) is 45.0 Å². The highest BCUT2D eigenvalue weighted by Gasteiger charge is 2.26. The van der Waals surface area contributed by atoms with E-state index in [0.717, 1.165) is 11.1 Å². The number of carboxylic acid groups (broad SMARTS) is 1. The molecule has 2 amide bonds. The molecular weight excluding hydrogens is 308 g/mol. The summed E-state index contributed by atoms with van der Waals surface area (Å²) in [6, 6.07) is 5.68. The van der Waals surface area contributed by atoms with Crippen LogP contribution in [0.4, 0.5) is 0 Å². The number of hydrogen-bond donors (Lipinski definition) is 3. The Morgan fingerprint density at radius 1 is 1.08 bits per heavy atom. The molecule has 6 heteroatoms. The zero-order valence-corrected chi connectivity index (χ0v) is 14.6. The second-order valence-electron chi connectivity index (χ2n) is 6.41. The fourth-order valence-electron chi connectivity index (χ4n) is 2.48. The molecule has 1 aromatic rings. The molecule has 0 spiro atoms. The fourth-order valence-corrected chi connectivity index (χ4v) is 2.48. The quantitative estimate of drug-likeness (QED) is 0.674. The van der Waals surface area contributed by atoms with Crippen LogP contribution in [0, 0.1) is 12.8 Å². The van der Waals surface area contributed by atoms with Crippen molar-refractivity contribution in [1.29, 1.82) is 0 Å². The van der Waals surface area contributed by atoms with E-state index < -0.39 is 24.0 Å². The van der Waals surface area contributed by atoms with E-state index in [1.54, 1.807) is 0 Å². The number of hydrogen-bond acceptors (Lipinski definition) is 3. The van der Waals surface area contributed by atoms with E-state index in [0.29, 0.717) is 6.42 Å². The first-order valence-electron chi connectivity index (χ1n) is 8.05. The minimum atomic E-state index is -1.10. The average molecular weight is 334 g/mol. The van der Waals surface area contributed by atoms with Gasteiger partial charge < -0.3 is 15.7 Å². The lowest BCUT2D eigenvalue weighted by molar-refractivity contribution is -0.142.